The van der Waals surface area contributed by atoms with Gasteiger partial charge in [-0.2, -0.15) is 0 Å². The maximum atomic E-state index is 9.22. The maximum absolute atomic E-state index is 9.22. The van der Waals surface area contributed by atoms with Gasteiger partial charge in [-0.3, -0.25) is 0 Å². The van der Waals surface area contributed by atoms with Gasteiger partial charge in [0.15, 0.2) is 0 Å². The molecule has 0 aromatic rings. The molecule has 1 saturated heterocycles. The average molecular weight is 185 g/mol. The molecule has 3 heteroatoms. The predicted octanol–water partition coefficient (Wildman–Crippen LogP) is 0.383. The molecule has 2 rings (SSSR count). The molecule has 2 atom stereocenters. The number of aliphatic hydroxyl groups is 1. The van der Waals surface area contributed by atoms with Crippen molar-refractivity contribution >= 4 is 0 Å². The van der Waals surface area contributed by atoms with Crippen LogP contribution in [-0.4, -0.2) is 37.5 Å². The molecule has 0 bridgehead atoms. The second kappa shape index (κ2) is 4.40. The van der Waals surface area contributed by atoms with E-state index in [9.17, 15) is 5.11 Å². The van der Waals surface area contributed by atoms with Gasteiger partial charge in [0.25, 0.3) is 0 Å². The first kappa shape index (κ1) is 9.44. The van der Waals surface area contributed by atoms with E-state index in [1.165, 1.54) is 12.8 Å². The first-order valence-corrected chi connectivity index (χ1v) is 5.32. The normalized spacial score (nSPS) is 30.7. The molecule has 2 N–H and O–H groups in total. The van der Waals surface area contributed by atoms with E-state index < -0.39 is 0 Å². The highest BCUT2D eigenvalue weighted by atomic mass is 16.5. The van der Waals surface area contributed by atoms with Gasteiger partial charge < -0.3 is 15.2 Å². The van der Waals surface area contributed by atoms with Crippen molar-refractivity contribution in [2.45, 2.75) is 25.3 Å². The highest BCUT2D eigenvalue weighted by molar-refractivity contribution is 4.83. The molecule has 1 aliphatic heterocycles. The Morgan fingerprint density at radius 2 is 2.23 bits per heavy atom. The molecular weight excluding hydrogens is 166 g/mol. The van der Waals surface area contributed by atoms with Gasteiger partial charge in [-0.05, 0) is 31.1 Å². The van der Waals surface area contributed by atoms with Crippen LogP contribution in [0.2, 0.25) is 0 Å². The van der Waals surface area contributed by atoms with Crippen LogP contribution in [0.5, 0.6) is 0 Å². The highest BCUT2D eigenvalue weighted by Gasteiger charge is 2.27. The monoisotopic (exact) mass is 185 g/mol. The molecule has 0 spiro atoms. The maximum Gasteiger partial charge on any atom is 0.0499 e. The van der Waals surface area contributed by atoms with Crippen LogP contribution in [0.1, 0.15) is 19.3 Å². The fourth-order valence-corrected chi connectivity index (χ4v) is 1.91. The van der Waals surface area contributed by atoms with E-state index in [0.29, 0.717) is 18.4 Å². The molecular formula is C10H19NO2. The minimum absolute atomic E-state index is 0.299. The third kappa shape index (κ3) is 2.66. The molecule has 3 nitrogen and oxygen atoms in total. The lowest BCUT2D eigenvalue weighted by Crippen LogP contribution is -2.32. The van der Waals surface area contributed by atoms with Crippen LogP contribution >= 0.6 is 0 Å². The Morgan fingerprint density at radius 3 is 2.77 bits per heavy atom. The SMILES string of the molecule is OCC(CNC1CC1)C1CCOC1. The molecule has 76 valence electrons. The van der Waals surface area contributed by atoms with Crippen LogP contribution in [0.15, 0.2) is 0 Å². The molecule has 13 heavy (non-hydrogen) atoms. The van der Waals surface area contributed by atoms with Gasteiger partial charge in [0, 0.05) is 32.4 Å². The fraction of sp³-hybridized carbons (Fsp3) is 1.00. The zero-order chi connectivity index (χ0) is 9.10. The lowest BCUT2D eigenvalue weighted by molar-refractivity contribution is 0.138. The van der Waals surface area contributed by atoms with Gasteiger partial charge in [0.05, 0.1) is 0 Å². The van der Waals surface area contributed by atoms with Crippen LogP contribution in [0.25, 0.3) is 0 Å². The van der Waals surface area contributed by atoms with E-state index >= 15 is 0 Å². The molecule has 2 aliphatic rings. The topological polar surface area (TPSA) is 41.5 Å². The molecule has 0 amide bonds. The van der Waals surface area contributed by atoms with Gasteiger partial charge in [-0.15, -0.1) is 0 Å². The number of rotatable bonds is 5. The standard InChI is InChI=1S/C10H19NO2/c12-6-9(5-11-10-1-2-10)8-3-4-13-7-8/h8-12H,1-7H2. The quantitative estimate of drug-likeness (QED) is 0.651. The first-order valence-electron chi connectivity index (χ1n) is 5.32. The van der Waals surface area contributed by atoms with Crippen molar-refractivity contribution in [3.05, 3.63) is 0 Å². The molecule has 1 saturated carbocycles. The van der Waals surface area contributed by atoms with Gasteiger partial charge in [0.2, 0.25) is 0 Å². The van der Waals surface area contributed by atoms with Crippen LogP contribution in [0.3, 0.4) is 0 Å². The fourth-order valence-electron chi connectivity index (χ4n) is 1.91. The number of ether oxygens (including phenoxy) is 1. The molecule has 2 fully saturated rings. The zero-order valence-electron chi connectivity index (χ0n) is 8.04. The van der Waals surface area contributed by atoms with Crippen LogP contribution < -0.4 is 5.32 Å². The third-order valence-corrected chi connectivity index (χ3v) is 3.11. The number of nitrogens with one attached hydrogen (secondary N) is 1. The van der Waals surface area contributed by atoms with E-state index in [1.54, 1.807) is 0 Å². The third-order valence-electron chi connectivity index (χ3n) is 3.11. The lowest BCUT2D eigenvalue weighted by atomic mass is 9.92. The van der Waals surface area contributed by atoms with Crippen LogP contribution in [0.4, 0.5) is 0 Å². The Hall–Kier alpha value is -0.120. The summed E-state index contributed by atoms with van der Waals surface area (Å²) in [5.41, 5.74) is 0. The predicted molar refractivity (Wildman–Crippen MR) is 50.5 cm³/mol. The second-order valence-electron chi connectivity index (χ2n) is 4.25. The summed E-state index contributed by atoms with van der Waals surface area (Å²) in [7, 11) is 0. The largest absolute Gasteiger partial charge is 0.396 e. The molecule has 1 heterocycles. The molecule has 1 aliphatic carbocycles. The minimum Gasteiger partial charge on any atom is -0.396 e. The summed E-state index contributed by atoms with van der Waals surface area (Å²) in [4.78, 5) is 0. The smallest absolute Gasteiger partial charge is 0.0499 e. The summed E-state index contributed by atoms with van der Waals surface area (Å²) in [6, 6.07) is 0.747. The number of hydrogen-bond acceptors (Lipinski definition) is 3. The second-order valence-corrected chi connectivity index (χ2v) is 4.25. The van der Waals surface area contributed by atoms with Crippen molar-refractivity contribution in [1.82, 2.24) is 5.32 Å². The van der Waals surface area contributed by atoms with E-state index in [2.05, 4.69) is 5.32 Å². The lowest BCUT2D eigenvalue weighted by Gasteiger charge is -2.20. The summed E-state index contributed by atoms with van der Waals surface area (Å²) in [5.74, 6) is 0.986. The Kier molecular flexibility index (Phi) is 3.19. The zero-order valence-corrected chi connectivity index (χ0v) is 8.04. The van der Waals surface area contributed by atoms with Crippen molar-refractivity contribution in [2.75, 3.05) is 26.4 Å². The Morgan fingerprint density at radius 1 is 1.38 bits per heavy atom. The Labute approximate surface area is 79.5 Å². The van der Waals surface area contributed by atoms with Crippen molar-refractivity contribution in [3.63, 3.8) is 0 Å². The van der Waals surface area contributed by atoms with Crippen LogP contribution in [0, 0.1) is 11.8 Å². The molecule has 0 aromatic heterocycles. The molecule has 0 radical (unpaired) electrons. The molecule has 0 aromatic carbocycles. The van der Waals surface area contributed by atoms with Crippen molar-refractivity contribution < 1.29 is 9.84 Å². The van der Waals surface area contributed by atoms with Crippen molar-refractivity contribution in [2.24, 2.45) is 11.8 Å². The Bertz CT molecular complexity index is 153. The summed E-state index contributed by atoms with van der Waals surface area (Å²) in [5, 5.41) is 12.7. The summed E-state index contributed by atoms with van der Waals surface area (Å²) < 4.78 is 5.32. The summed E-state index contributed by atoms with van der Waals surface area (Å²) in [6.45, 7) is 2.99. The average Bonchev–Trinajstić information content (AvgIpc) is 2.81. The van der Waals surface area contributed by atoms with Gasteiger partial charge in [-0.1, -0.05) is 0 Å². The minimum atomic E-state index is 0.299. The highest BCUT2D eigenvalue weighted by Crippen LogP contribution is 2.23. The summed E-state index contributed by atoms with van der Waals surface area (Å²) >= 11 is 0. The van der Waals surface area contributed by atoms with Crippen molar-refractivity contribution in [1.29, 1.82) is 0 Å². The van der Waals surface area contributed by atoms with E-state index in [4.69, 9.17) is 4.74 Å². The van der Waals surface area contributed by atoms with Crippen LogP contribution in [-0.2, 0) is 4.74 Å². The number of hydrogen-bond donors (Lipinski definition) is 2. The molecule has 2 unspecified atom stereocenters. The Balaban J connectivity index is 1.70. The van der Waals surface area contributed by atoms with E-state index in [0.717, 1.165) is 32.2 Å². The van der Waals surface area contributed by atoms with E-state index in [-0.39, 0.29) is 0 Å². The van der Waals surface area contributed by atoms with Gasteiger partial charge in [0.1, 0.15) is 0 Å². The number of aliphatic hydroxyl groups excluding tert-OH is 1. The first-order chi connectivity index (χ1) is 6.40. The van der Waals surface area contributed by atoms with Gasteiger partial charge in [-0.25, -0.2) is 0 Å². The van der Waals surface area contributed by atoms with Crippen molar-refractivity contribution in [3.8, 4) is 0 Å². The summed E-state index contributed by atoms with van der Waals surface area (Å²) in [6.07, 6.45) is 3.76. The van der Waals surface area contributed by atoms with Gasteiger partial charge >= 0.3 is 0 Å². The van der Waals surface area contributed by atoms with E-state index in [1.807, 2.05) is 0 Å².